The third-order valence-electron chi connectivity index (χ3n) is 7.59. The van der Waals surface area contributed by atoms with Crippen LogP contribution in [0.5, 0.6) is 0 Å². The van der Waals surface area contributed by atoms with Crippen LogP contribution in [0.15, 0.2) is 72.9 Å². The molecule has 2 aromatic carbocycles. The molecule has 7 heteroatoms. The van der Waals surface area contributed by atoms with E-state index in [1.54, 1.807) is 12.1 Å². The molecule has 2 heterocycles. The highest BCUT2D eigenvalue weighted by atomic mass is 32.1. The van der Waals surface area contributed by atoms with Gasteiger partial charge >= 0.3 is 0 Å². The summed E-state index contributed by atoms with van der Waals surface area (Å²) in [6.45, 7) is 4.59. The van der Waals surface area contributed by atoms with Crippen molar-refractivity contribution < 1.29 is 4.39 Å². The van der Waals surface area contributed by atoms with Gasteiger partial charge in [0.05, 0.1) is 11.9 Å². The molecule has 2 fully saturated rings. The van der Waals surface area contributed by atoms with Crippen molar-refractivity contribution in [3.63, 3.8) is 0 Å². The first kappa shape index (κ1) is 24.5. The van der Waals surface area contributed by atoms with E-state index < -0.39 is 0 Å². The van der Waals surface area contributed by atoms with E-state index in [-0.39, 0.29) is 11.2 Å². The Labute approximate surface area is 218 Å². The molecule has 3 aromatic rings. The second kappa shape index (κ2) is 11.2. The number of rotatable bonds is 6. The first-order valence-corrected chi connectivity index (χ1v) is 13.3. The Bertz CT molecular complexity index is 1120. The Morgan fingerprint density at radius 3 is 2.22 bits per heavy atom. The van der Waals surface area contributed by atoms with Gasteiger partial charge in [-0.3, -0.25) is 0 Å². The molecule has 36 heavy (non-hydrogen) atoms. The van der Waals surface area contributed by atoms with Crippen molar-refractivity contribution in [3.05, 3.63) is 84.3 Å². The van der Waals surface area contributed by atoms with Crippen LogP contribution in [0.3, 0.4) is 0 Å². The van der Waals surface area contributed by atoms with Crippen molar-refractivity contribution in [2.24, 2.45) is 0 Å². The first-order chi connectivity index (χ1) is 17.6. The largest absolute Gasteiger partial charge is 0.368 e. The van der Waals surface area contributed by atoms with Crippen molar-refractivity contribution in [1.29, 1.82) is 0 Å². The monoisotopic (exact) mass is 503 g/mol. The van der Waals surface area contributed by atoms with E-state index in [0.717, 1.165) is 57.1 Å². The molecule has 5 rings (SSSR count). The van der Waals surface area contributed by atoms with Crippen LogP contribution in [-0.4, -0.2) is 42.8 Å². The minimum absolute atomic E-state index is 0.0122. The standard InChI is InChI=1S/C29H34FN5S/c30-24-11-9-23(10-12-24)29(15-5-2-6-16-29)22-32-28(36)33-25-13-14-27(31-21-25)35-19-17-34(18-20-35)26-7-3-1-4-8-26/h1,3-4,7-14,21H,2,5-6,15-20,22H2,(H2,32,33,36). The van der Waals surface area contributed by atoms with E-state index in [9.17, 15) is 4.39 Å². The predicted molar refractivity (Wildman–Crippen MR) is 150 cm³/mol. The molecule has 2 N–H and O–H groups in total. The fourth-order valence-electron chi connectivity index (χ4n) is 5.50. The normalized spacial score (nSPS) is 17.5. The molecule has 0 atom stereocenters. The number of halogens is 1. The molecule has 1 aliphatic carbocycles. The second-order valence-electron chi connectivity index (χ2n) is 9.87. The fourth-order valence-corrected chi connectivity index (χ4v) is 5.69. The molecule has 0 amide bonds. The van der Waals surface area contributed by atoms with Gasteiger partial charge < -0.3 is 20.4 Å². The second-order valence-corrected chi connectivity index (χ2v) is 10.3. The highest BCUT2D eigenvalue weighted by Crippen LogP contribution is 2.39. The summed E-state index contributed by atoms with van der Waals surface area (Å²) in [5.41, 5.74) is 3.33. The zero-order valence-electron chi connectivity index (χ0n) is 20.6. The molecule has 0 unspecified atom stereocenters. The van der Waals surface area contributed by atoms with Crippen molar-refractivity contribution in [2.45, 2.75) is 37.5 Å². The van der Waals surface area contributed by atoms with E-state index in [1.807, 2.05) is 24.4 Å². The molecule has 0 bridgehead atoms. The van der Waals surface area contributed by atoms with Crippen LogP contribution in [0.1, 0.15) is 37.7 Å². The van der Waals surface area contributed by atoms with E-state index in [1.165, 1.54) is 30.5 Å². The number of nitrogens with zero attached hydrogens (tertiary/aromatic N) is 3. The molecular weight excluding hydrogens is 469 g/mol. The van der Waals surface area contributed by atoms with Crippen LogP contribution < -0.4 is 20.4 Å². The fraction of sp³-hybridized carbons (Fsp3) is 0.379. The number of hydrogen-bond donors (Lipinski definition) is 2. The Hall–Kier alpha value is -3.19. The summed E-state index contributed by atoms with van der Waals surface area (Å²) in [6.07, 6.45) is 7.65. The molecule has 0 radical (unpaired) electrons. The molecule has 1 aromatic heterocycles. The molecule has 1 saturated carbocycles. The molecular formula is C29H34FN5S. The van der Waals surface area contributed by atoms with E-state index in [0.29, 0.717) is 5.11 Å². The molecule has 0 spiro atoms. The lowest BCUT2D eigenvalue weighted by molar-refractivity contribution is 0.292. The topological polar surface area (TPSA) is 43.4 Å². The van der Waals surface area contributed by atoms with Gasteiger partial charge in [-0.1, -0.05) is 49.6 Å². The molecule has 1 aliphatic heterocycles. The van der Waals surface area contributed by atoms with Crippen LogP contribution in [0.2, 0.25) is 0 Å². The number of benzene rings is 2. The van der Waals surface area contributed by atoms with Crippen molar-refractivity contribution >= 4 is 34.5 Å². The maximum Gasteiger partial charge on any atom is 0.170 e. The lowest BCUT2D eigenvalue weighted by atomic mass is 9.69. The predicted octanol–water partition coefficient (Wildman–Crippen LogP) is 5.74. The summed E-state index contributed by atoms with van der Waals surface area (Å²) in [6, 6.07) is 21.7. The third kappa shape index (κ3) is 5.78. The minimum atomic E-state index is -0.191. The number of aromatic nitrogens is 1. The number of piperazine rings is 1. The van der Waals surface area contributed by atoms with Crippen LogP contribution in [0.4, 0.5) is 21.6 Å². The van der Waals surface area contributed by atoms with Gasteiger partial charge in [-0.2, -0.15) is 0 Å². The summed E-state index contributed by atoms with van der Waals surface area (Å²) in [5, 5.41) is 7.32. The van der Waals surface area contributed by atoms with Crippen LogP contribution in [0.25, 0.3) is 0 Å². The van der Waals surface area contributed by atoms with E-state index >= 15 is 0 Å². The maximum atomic E-state index is 13.5. The number of para-hydroxylation sites is 1. The zero-order valence-corrected chi connectivity index (χ0v) is 21.4. The molecule has 5 nitrogen and oxygen atoms in total. The SMILES string of the molecule is Fc1ccc(C2(CNC(=S)Nc3ccc(N4CCN(c5ccccc5)CC4)nc3)CCCCC2)cc1. The highest BCUT2D eigenvalue weighted by Gasteiger charge is 2.34. The van der Waals surface area contributed by atoms with E-state index in [4.69, 9.17) is 17.2 Å². The van der Waals surface area contributed by atoms with Gasteiger partial charge in [0, 0.05) is 43.8 Å². The maximum absolute atomic E-state index is 13.5. The number of hydrogen-bond acceptors (Lipinski definition) is 4. The minimum Gasteiger partial charge on any atom is -0.368 e. The summed E-state index contributed by atoms with van der Waals surface area (Å²) in [4.78, 5) is 9.44. The first-order valence-electron chi connectivity index (χ1n) is 12.9. The Morgan fingerprint density at radius 2 is 1.56 bits per heavy atom. The number of nitrogens with one attached hydrogen (secondary N) is 2. The molecule has 2 aliphatic rings. The van der Waals surface area contributed by atoms with E-state index in [2.05, 4.69) is 56.8 Å². The Morgan fingerprint density at radius 1 is 0.861 bits per heavy atom. The van der Waals surface area contributed by atoms with Crippen LogP contribution in [-0.2, 0) is 5.41 Å². The number of anilines is 3. The number of thiocarbonyl (C=S) groups is 1. The average Bonchev–Trinajstić information content (AvgIpc) is 2.94. The van der Waals surface area contributed by atoms with Gasteiger partial charge in [-0.05, 0) is 67.0 Å². The van der Waals surface area contributed by atoms with Gasteiger partial charge in [0.1, 0.15) is 11.6 Å². The molecule has 188 valence electrons. The zero-order chi connectivity index (χ0) is 24.8. The molecule has 1 saturated heterocycles. The van der Waals surface area contributed by atoms with Gasteiger partial charge in [0.2, 0.25) is 0 Å². The summed E-state index contributed by atoms with van der Waals surface area (Å²) < 4.78 is 13.5. The Balaban J connectivity index is 1.14. The van der Waals surface area contributed by atoms with Crippen LogP contribution >= 0.6 is 12.2 Å². The summed E-state index contributed by atoms with van der Waals surface area (Å²) >= 11 is 5.62. The van der Waals surface area contributed by atoms with Crippen molar-refractivity contribution in [3.8, 4) is 0 Å². The third-order valence-corrected chi connectivity index (χ3v) is 7.83. The van der Waals surface area contributed by atoms with Crippen LogP contribution in [0, 0.1) is 5.82 Å². The van der Waals surface area contributed by atoms with Gasteiger partial charge in [0.15, 0.2) is 5.11 Å². The van der Waals surface area contributed by atoms with Crippen molar-refractivity contribution in [1.82, 2.24) is 10.3 Å². The average molecular weight is 504 g/mol. The lowest BCUT2D eigenvalue weighted by Gasteiger charge is -2.38. The summed E-state index contributed by atoms with van der Waals surface area (Å²) in [7, 11) is 0. The van der Waals surface area contributed by atoms with Gasteiger partial charge in [-0.15, -0.1) is 0 Å². The van der Waals surface area contributed by atoms with Gasteiger partial charge in [-0.25, -0.2) is 9.37 Å². The smallest absolute Gasteiger partial charge is 0.170 e. The quantitative estimate of drug-likeness (QED) is 0.419. The lowest BCUT2D eigenvalue weighted by Crippen LogP contribution is -2.46. The highest BCUT2D eigenvalue weighted by molar-refractivity contribution is 7.80. The van der Waals surface area contributed by atoms with Crippen molar-refractivity contribution in [2.75, 3.05) is 47.8 Å². The number of pyridine rings is 1. The summed E-state index contributed by atoms with van der Waals surface area (Å²) in [5.74, 6) is 0.800. The Kier molecular flexibility index (Phi) is 7.66. The van der Waals surface area contributed by atoms with Gasteiger partial charge in [0.25, 0.3) is 0 Å².